The average molecular weight is 288 g/mol. The first kappa shape index (κ1) is 16.5. The summed E-state index contributed by atoms with van der Waals surface area (Å²) < 4.78 is 6.90. The molecule has 4 unspecified atom stereocenters. The van der Waals surface area contributed by atoms with Crippen LogP contribution < -0.4 is 5.73 Å². The molecule has 1 aromatic heterocycles. The maximum Gasteiger partial charge on any atom is 0.214 e. The number of carbonyl (C=O) groups excluding carboxylic acids is 1. The van der Waals surface area contributed by atoms with E-state index >= 15 is 0 Å². The second-order valence-corrected chi connectivity index (χ2v) is 4.56. The third kappa shape index (κ3) is 4.53. The zero-order valence-corrected chi connectivity index (χ0v) is 11.4. The van der Waals surface area contributed by atoms with Crippen molar-refractivity contribution in [3.63, 3.8) is 0 Å². The molecule has 5 N–H and O–H groups in total. The predicted molar refractivity (Wildman–Crippen MR) is 67.3 cm³/mol. The fourth-order valence-electron chi connectivity index (χ4n) is 1.76. The van der Waals surface area contributed by atoms with Gasteiger partial charge in [0.25, 0.3) is 0 Å². The smallest absolute Gasteiger partial charge is 0.214 e. The summed E-state index contributed by atoms with van der Waals surface area (Å²) in [6.45, 7) is 2.75. The average Bonchev–Trinajstić information content (AvgIpc) is 2.78. The van der Waals surface area contributed by atoms with Crippen LogP contribution in [-0.4, -0.2) is 61.1 Å². The lowest BCUT2D eigenvalue weighted by atomic mass is 10.0. The van der Waals surface area contributed by atoms with E-state index < -0.39 is 24.5 Å². The Hall–Kier alpha value is -1.55. The topological polar surface area (TPSA) is 144 Å². The van der Waals surface area contributed by atoms with Gasteiger partial charge >= 0.3 is 0 Å². The zero-order valence-electron chi connectivity index (χ0n) is 11.4. The minimum Gasteiger partial charge on any atom is -0.394 e. The lowest BCUT2D eigenvalue weighted by Gasteiger charge is -2.35. The highest BCUT2D eigenvalue weighted by Gasteiger charge is 2.37. The van der Waals surface area contributed by atoms with E-state index in [1.807, 2.05) is 0 Å². The van der Waals surface area contributed by atoms with E-state index in [9.17, 15) is 15.0 Å². The number of nitrogens with two attached hydrogens (primary N) is 1. The fourth-order valence-corrected chi connectivity index (χ4v) is 1.76. The molecule has 1 saturated heterocycles. The number of amides is 1. The van der Waals surface area contributed by atoms with E-state index in [0.29, 0.717) is 0 Å². The third-order valence-corrected chi connectivity index (χ3v) is 2.65. The van der Waals surface area contributed by atoms with Crippen molar-refractivity contribution >= 4 is 5.91 Å². The van der Waals surface area contributed by atoms with Gasteiger partial charge in [0, 0.05) is 13.3 Å². The Kier molecular flexibility index (Phi) is 6.02. The molecule has 4 atom stereocenters. The minimum absolute atomic E-state index is 0.223. The number of aryl methyl sites for hydroxylation is 1. The van der Waals surface area contributed by atoms with Gasteiger partial charge < -0.3 is 25.8 Å². The predicted octanol–water partition coefficient (Wildman–Crippen LogP) is -1.92. The van der Waals surface area contributed by atoms with Gasteiger partial charge in [-0.05, 0) is 6.92 Å². The fraction of sp³-hybridized carbons (Fsp3) is 0.727. The van der Waals surface area contributed by atoms with Crippen LogP contribution in [0.5, 0.6) is 0 Å². The molecule has 0 aliphatic carbocycles. The Morgan fingerprint density at radius 2 is 2.20 bits per heavy atom. The van der Waals surface area contributed by atoms with E-state index in [0.717, 1.165) is 5.69 Å². The lowest BCUT2D eigenvalue weighted by molar-refractivity contribution is -0.204. The molecule has 1 aliphatic heterocycles. The molecular formula is C11H20N4O5. The molecule has 0 spiro atoms. The van der Waals surface area contributed by atoms with Crippen molar-refractivity contribution in [1.29, 1.82) is 0 Å². The van der Waals surface area contributed by atoms with E-state index in [4.69, 9.17) is 9.84 Å². The Balaban J connectivity index is 0.000000444. The molecule has 1 amide bonds. The van der Waals surface area contributed by atoms with Gasteiger partial charge in [0.05, 0.1) is 24.6 Å². The molecule has 20 heavy (non-hydrogen) atoms. The van der Waals surface area contributed by atoms with Gasteiger partial charge in [-0.15, -0.1) is 5.10 Å². The molecule has 2 heterocycles. The molecule has 0 saturated carbocycles. The summed E-state index contributed by atoms with van der Waals surface area (Å²) in [6, 6.07) is 0. The number of aliphatic hydroxyl groups is 3. The molecule has 0 radical (unpaired) electrons. The van der Waals surface area contributed by atoms with Gasteiger partial charge in [-0.25, -0.2) is 4.68 Å². The number of aliphatic hydroxyl groups excluding tert-OH is 3. The van der Waals surface area contributed by atoms with Gasteiger partial charge in [0.1, 0.15) is 12.2 Å². The van der Waals surface area contributed by atoms with Crippen LogP contribution >= 0.6 is 0 Å². The quantitative estimate of drug-likeness (QED) is 0.496. The summed E-state index contributed by atoms with van der Waals surface area (Å²) in [7, 11) is 0. The van der Waals surface area contributed by atoms with Gasteiger partial charge in [0.2, 0.25) is 5.91 Å². The monoisotopic (exact) mass is 288 g/mol. The van der Waals surface area contributed by atoms with Gasteiger partial charge in [0.15, 0.2) is 6.23 Å². The number of hydrogen-bond acceptors (Lipinski definition) is 7. The van der Waals surface area contributed by atoms with Crippen LogP contribution in [0.15, 0.2) is 6.20 Å². The highest BCUT2D eigenvalue weighted by atomic mass is 16.5. The minimum atomic E-state index is -1.06. The van der Waals surface area contributed by atoms with Crippen molar-refractivity contribution in [2.75, 3.05) is 6.61 Å². The van der Waals surface area contributed by atoms with Crippen molar-refractivity contribution in [3.8, 4) is 0 Å². The van der Waals surface area contributed by atoms with Crippen LogP contribution in [0.25, 0.3) is 0 Å². The number of aromatic nitrogens is 3. The Bertz CT molecular complexity index is 434. The molecule has 1 fully saturated rings. The maximum absolute atomic E-state index is 9.62. The molecule has 9 nitrogen and oxygen atoms in total. The van der Waals surface area contributed by atoms with Crippen molar-refractivity contribution in [2.45, 2.75) is 44.8 Å². The SMILES string of the molecule is CC(N)=O.Cc1cn(C2CC(O)C(O)C(CO)O2)nn1. The maximum atomic E-state index is 9.62. The van der Waals surface area contributed by atoms with Gasteiger partial charge in [-0.3, -0.25) is 4.79 Å². The van der Waals surface area contributed by atoms with E-state index in [1.54, 1.807) is 13.1 Å². The summed E-state index contributed by atoms with van der Waals surface area (Å²) >= 11 is 0. The first-order chi connectivity index (χ1) is 9.35. The van der Waals surface area contributed by atoms with Crippen LogP contribution in [0.3, 0.4) is 0 Å². The molecule has 0 bridgehead atoms. The highest BCUT2D eigenvalue weighted by molar-refractivity contribution is 5.70. The number of ether oxygens (including phenoxy) is 1. The normalized spacial score (nSPS) is 29.4. The Morgan fingerprint density at radius 3 is 2.65 bits per heavy atom. The molecule has 9 heteroatoms. The van der Waals surface area contributed by atoms with Crippen LogP contribution in [-0.2, 0) is 9.53 Å². The van der Waals surface area contributed by atoms with Crippen LogP contribution in [0, 0.1) is 6.92 Å². The van der Waals surface area contributed by atoms with Crippen LogP contribution in [0.2, 0.25) is 0 Å². The van der Waals surface area contributed by atoms with Gasteiger partial charge in [-0.1, -0.05) is 5.21 Å². The first-order valence-corrected chi connectivity index (χ1v) is 6.12. The highest BCUT2D eigenvalue weighted by Crippen LogP contribution is 2.26. The van der Waals surface area contributed by atoms with E-state index in [-0.39, 0.29) is 18.9 Å². The Labute approximate surface area is 116 Å². The number of rotatable bonds is 2. The summed E-state index contributed by atoms with van der Waals surface area (Å²) in [5.41, 5.74) is 5.21. The number of carbonyl (C=O) groups is 1. The van der Waals surface area contributed by atoms with Gasteiger partial charge in [-0.2, -0.15) is 0 Å². The first-order valence-electron chi connectivity index (χ1n) is 6.12. The van der Waals surface area contributed by atoms with E-state index in [1.165, 1.54) is 11.6 Å². The molecular weight excluding hydrogens is 268 g/mol. The second kappa shape index (κ2) is 7.29. The third-order valence-electron chi connectivity index (χ3n) is 2.65. The summed E-state index contributed by atoms with van der Waals surface area (Å²) in [4.78, 5) is 9.22. The zero-order chi connectivity index (χ0) is 15.3. The largest absolute Gasteiger partial charge is 0.394 e. The van der Waals surface area contributed by atoms with Crippen molar-refractivity contribution < 1.29 is 24.9 Å². The lowest BCUT2D eigenvalue weighted by Crippen LogP contribution is -2.48. The number of nitrogens with zero attached hydrogens (tertiary/aromatic N) is 3. The summed E-state index contributed by atoms with van der Waals surface area (Å²) in [5.74, 6) is -0.333. The summed E-state index contributed by atoms with van der Waals surface area (Å²) in [5, 5.41) is 35.8. The molecule has 1 aliphatic rings. The van der Waals surface area contributed by atoms with Crippen LogP contribution in [0.4, 0.5) is 0 Å². The molecule has 114 valence electrons. The second-order valence-electron chi connectivity index (χ2n) is 4.56. The van der Waals surface area contributed by atoms with Crippen LogP contribution in [0.1, 0.15) is 25.3 Å². The van der Waals surface area contributed by atoms with Crippen molar-refractivity contribution in [2.24, 2.45) is 5.73 Å². The number of hydrogen-bond donors (Lipinski definition) is 4. The molecule has 2 rings (SSSR count). The molecule has 1 aromatic rings. The van der Waals surface area contributed by atoms with Crippen molar-refractivity contribution in [1.82, 2.24) is 15.0 Å². The van der Waals surface area contributed by atoms with E-state index in [2.05, 4.69) is 16.0 Å². The summed E-state index contributed by atoms with van der Waals surface area (Å²) in [6.07, 6.45) is -1.38. The standard InChI is InChI=1S/C9H15N3O4.C2H5NO/c1-5-3-12(11-10-5)8-2-6(14)9(15)7(4-13)16-8;1-2(3)4/h3,6-9,13-15H,2,4H2,1H3;1H3,(H2,3,4). The Morgan fingerprint density at radius 1 is 1.60 bits per heavy atom. The molecule has 0 aromatic carbocycles. The van der Waals surface area contributed by atoms with Crippen molar-refractivity contribution in [3.05, 3.63) is 11.9 Å². The number of primary amides is 1.